The second-order valence-electron chi connectivity index (χ2n) is 4.22. The van der Waals surface area contributed by atoms with Crippen molar-refractivity contribution in [1.29, 1.82) is 0 Å². The number of furan rings is 2. The molecule has 0 aliphatic heterocycles. The van der Waals surface area contributed by atoms with Gasteiger partial charge in [-0.15, -0.1) is 0 Å². The highest BCUT2D eigenvalue weighted by Gasteiger charge is 2.06. The molecule has 2 heteroatoms. The number of hydrogen-bond donors (Lipinski definition) is 0. The van der Waals surface area contributed by atoms with Crippen molar-refractivity contribution in [3.63, 3.8) is 0 Å². The summed E-state index contributed by atoms with van der Waals surface area (Å²) in [6.07, 6.45) is 3.43. The summed E-state index contributed by atoms with van der Waals surface area (Å²) in [5.74, 6) is 3.61. The SMILES string of the molecule is CC(C)Cc1ccc(Cc2ccco2)o1. The van der Waals surface area contributed by atoms with E-state index in [9.17, 15) is 0 Å². The molecule has 2 nitrogen and oxygen atoms in total. The Morgan fingerprint density at radius 3 is 2.53 bits per heavy atom. The summed E-state index contributed by atoms with van der Waals surface area (Å²) >= 11 is 0. The van der Waals surface area contributed by atoms with E-state index in [-0.39, 0.29) is 0 Å². The fraction of sp³-hybridized carbons (Fsp3) is 0.385. The Balaban J connectivity index is 2.01. The molecule has 15 heavy (non-hydrogen) atoms. The van der Waals surface area contributed by atoms with Crippen LogP contribution >= 0.6 is 0 Å². The van der Waals surface area contributed by atoms with Crippen LogP contribution in [0.5, 0.6) is 0 Å². The summed E-state index contributed by atoms with van der Waals surface area (Å²) in [4.78, 5) is 0. The van der Waals surface area contributed by atoms with Crippen LogP contribution in [0.2, 0.25) is 0 Å². The maximum atomic E-state index is 5.71. The largest absolute Gasteiger partial charge is 0.469 e. The third-order valence-electron chi connectivity index (χ3n) is 2.26. The highest BCUT2D eigenvalue weighted by Crippen LogP contribution is 2.16. The fourth-order valence-corrected chi connectivity index (χ4v) is 1.61. The molecule has 0 unspecified atom stereocenters. The van der Waals surface area contributed by atoms with Gasteiger partial charge in [0.2, 0.25) is 0 Å². The zero-order valence-corrected chi connectivity index (χ0v) is 9.19. The molecule has 0 saturated carbocycles. The molecular weight excluding hydrogens is 188 g/mol. The minimum absolute atomic E-state index is 0.632. The molecule has 0 aliphatic rings. The van der Waals surface area contributed by atoms with Crippen LogP contribution in [0.15, 0.2) is 39.4 Å². The maximum Gasteiger partial charge on any atom is 0.111 e. The summed E-state index contributed by atoms with van der Waals surface area (Å²) in [5, 5.41) is 0. The van der Waals surface area contributed by atoms with Crippen LogP contribution in [-0.2, 0) is 12.8 Å². The Morgan fingerprint density at radius 1 is 1.07 bits per heavy atom. The van der Waals surface area contributed by atoms with E-state index in [2.05, 4.69) is 19.9 Å². The third-order valence-corrected chi connectivity index (χ3v) is 2.26. The van der Waals surface area contributed by atoms with E-state index >= 15 is 0 Å². The van der Waals surface area contributed by atoms with Gasteiger partial charge in [0.1, 0.15) is 17.3 Å². The Morgan fingerprint density at radius 2 is 1.87 bits per heavy atom. The van der Waals surface area contributed by atoms with Gasteiger partial charge in [-0.2, -0.15) is 0 Å². The molecule has 0 spiro atoms. The van der Waals surface area contributed by atoms with Crippen LogP contribution in [0.25, 0.3) is 0 Å². The third kappa shape index (κ3) is 2.75. The van der Waals surface area contributed by atoms with Gasteiger partial charge in [-0.25, -0.2) is 0 Å². The zero-order chi connectivity index (χ0) is 10.7. The predicted molar refractivity (Wildman–Crippen MR) is 58.8 cm³/mol. The standard InChI is InChI=1S/C13H16O2/c1-10(2)8-12-5-6-13(15-12)9-11-4-3-7-14-11/h3-7,10H,8-9H2,1-2H3. The fourth-order valence-electron chi connectivity index (χ4n) is 1.61. The van der Waals surface area contributed by atoms with E-state index in [1.54, 1.807) is 6.26 Å². The lowest BCUT2D eigenvalue weighted by Crippen LogP contribution is -1.91. The van der Waals surface area contributed by atoms with E-state index in [1.807, 2.05) is 18.2 Å². The first kappa shape index (κ1) is 10.1. The summed E-state index contributed by atoms with van der Waals surface area (Å²) in [5.41, 5.74) is 0. The van der Waals surface area contributed by atoms with E-state index in [1.165, 1.54) is 0 Å². The minimum Gasteiger partial charge on any atom is -0.469 e. The van der Waals surface area contributed by atoms with Crippen molar-refractivity contribution in [2.24, 2.45) is 5.92 Å². The van der Waals surface area contributed by atoms with Crippen LogP contribution in [0, 0.1) is 5.92 Å². The molecule has 0 aromatic carbocycles. The van der Waals surface area contributed by atoms with Gasteiger partial charge in [-0.1, -0.05) is 13.8 Å². The predicted octanol–water partition coefficient (Wildman–Crippen LogP) is 3.66. The van der Waals surface area contributed by atoms with E-state index < -0.39 is 0 Å². The van der Waals surface area contributed by atoms with Crippen molar-refractivity contribution in [3.8, 4) is 0 Å². The van der Waals surface area contributed by atoms with Gasteiger partial charge in [0, 0.05) is 6.42 Å². The quantitative estimate of drug-likeness (QED) is 0.759. The summed E-state index contributed by atoms with van der Waals surface area (Å²) in [6, 6.07) is 7.94. The molecule has 2 aromatic heterocycles. The molecule has 0 bridgehead atoms. The second-order valence-corrected chi connectivity index (χ2v) is 4.22. The van der Waals surface area contributed by atoms with Gasteiger partial charge < -0.3 is 8.83 Å². The lowest BCUT2D eigenvalue weighted by molar-refractivity contribution is 0.430. The van der Waals surface area contributed by atoms with Gasteiger partial charge in [0.05, 0.1) is 12.7 Å². The van der Waals surface area contributed by atoms with Crippen molar-refractivity contribution < 1.29 is 8.83 Å². The molecule has 0 atom stereocenters. The van der Waals surface area contributed by atoms with Crippen LogP contribution in [0.4, 0.5) is 0 Å². The molecule has 2 aromatic rings. The highest BCUT2D eigenvalue weighted by atomic mass is 16.3. The van der Waals surface area contributed by atoms with Gasteiger partial charge in [-0.3, -0.25) is 0 Å². The lowest BCUT2D eigenvalue weighted by atomic mass is 10.1. The van der Waals surface area contributed by atoms with E-state index in [0.717, 1.165) is 30.1 Å². The van der Waals surface area contributed by atoms with E-state index in [0.29, 0.717) is 5.92 Å². The van der Waals surface area contributed by atoms with Crippen LogP contribution < -0.4 is 0 Å². The average molecular weight is 204 g/mol. The molecule has 0 N–H and O–H groups in total. The first-order valence-electron chi connectivity index (χ1n) is 5.34. The zero-order valence-electron chi connectivity index (χ0n) is 9.19. The topological polar surface area (TPSA) is 26.3 Å². The van der Waals surface area contributed by atoms with Crippen molar-refractivity contribution in [1.82, 2.24) is 0 Å². The molecule has 2 rings (SSSR count). The van der Waals surface area contributed by atoms with Crippen molar-refractivity contribution in [2.45, 2.75) is 26.7 Å². The first-order chi connectivity index (χ1) is 7.24. The molecule has 0 fully saturated rings. The van der Waals surface area contributed by atoms with Crippen LogP contribution in [0.1, 0.15) is 31.1 Å². The lowest BCUT2D eigenvalue weighted by Gasteiger charge is -1.99. The normalized spacial score (nSPS) is 11.1. The minimum atomic E-state index is 0.632. The smallest absolute Gasteiger partial charge is 0.111 e. The van der Waals surface area contributed by atoms with Gasteiger partial charge in [0.25, 0.3) is 0 Å². The van der Waals surface area contributed by atoms with Crippen LogP contribution in [-0.4, -0.2) is 0 Å². The Hall–Kier alpha value is -1.44. The second kappa shape index (κ2) is 4.39. The molecule has 0 aliphatic carbocycles. The Kier molecular flexibility index (Phi) is 2.95. The Labute approximate surface area is 89.9 Å². The molecule has 0 saturated heterocycles. The summed E-state index contributed by atoms with van der Waals surface area (Å²) < 4.78 is 11.0. The number of rotatable bonds is 4. The molecule has 2 heterocycles. The molecule has 0 radical (unpaired) electrons. The summed E-state index contributed by atoms with van der Waals surface area (Å²) in [6.45, 7) is 4.38. The highest BCUT2D eigenvalue weighted by molar-refractivity contribution is 5.13. The van der Waals surface area contributed by atoms with Crippen molar-refractivity contribution in [2.75, 3.05) is 0 Å². The Bertz CT molecular complexity index is 396. The maximum absolute atomic E-state index is 5.71. The van der Waals surface area contributed by atoms with Crippen molar-refractivity contribution in [3.05, 3.63) is 47.8 Å². The van der Waals surface area contributed by atoms with Crippen molar-refractivity contribution >= 4 is 0 Å². The van der Waals surface area contributed by atoms with Gasteiger partial charge >= 0.3 is 0 Å². The molecule has 80 valence electrons. The van der Waals surface area contributed by atoms with Gasteiger partial charge in [0.15, 0.2) is 0 Å². The average Bonchev–Trinajstić information content (AvgIpc) is 2.77. The molecular formula is C13H16O2. The summed E-state index contributed by atoms with van der Waals surface area (Å²) in [7, 11) is 0. The molecule has 0 amide bonds. The van der Waals surface area contributed by atoms with Crippen LogP contribution in [0.3, 0.4) is 0 Å². The monoisotopic (exact) mass is 204 g/mol. The number of hydrogen-bond acceptors (Lipinski definition) is 2. The van der Waals surface area contributed by atoms with E-state index in [4.69, 9.17) is 8.83 Å². The first-order valence-corrected chi connectivity index (χ1v) is 5.34. The van der Waals surface area contributed by atoms with Gasteiger partial charge in [-0.05, 0) is 30.2 Å².